The second kappa shape index (κ2) is 11.2. The highest BCUT2D eigenvalue weighted by atomic mass is 35.5. The van der Waals surface area contributed by atoms with Gasteiger partial charge in [-0.1, -0.05) is 54.1 Å². The van der Waals surface area contributed by atoms with Crippen LogP contribution in [-0.2, 0) is 11.4 Å². The number of anilines is 1. The number of benzene rings is 3. The number of ether oxygens (including phenoxy) is 2. The van der Waals surface area contributed by atoms with Gasteiger partial charge >= 0.3 is 0 Å². The molecule has 6 nitrogen and oxygen atoms in total. The van der Waals surface area contributed by atoms with E-state index >= 15 is 0 Å². The van der Waals surface area contributed by atoms with Gasteiger partial charge in [-0.3, -0.25) is 9.69 Å². The van der Waals surface area contributed by atoms with Gasteiger partial charge in [-0.2, -0.15) is 4.99 Å². The first-order valence-corrected chi connectivity index (χ1v) is 13.4. The third-order valence-electron chi connectivity index (χ3n) is 5.45. The van der Waals surface area contributed by atoms with Crippen molar-refractivity contribution in [1.82, 2.24) is 4.98 Å². The van der Waals surface area contributed by atoms with E-state index in [0.717, 1.165) is 22.5 Å². The number of hydrogen-bond donors (Lipinski definition) is 0. The van der Waals surface area contributed by atoms with Crippen LogP contribution in [0.2, 0.25) is 5.02 Å². The number of carbonyl (C=O) groups is 1. The van der Waals surface area contributed by atoms with Crippen LogP contribution in [0.25, 0.3) is 6.08 Å². The molecule has 0 atom stereocenters. The van der Waals surface area contributed by atoms with Crippen molar-refractivity contribution in [3.05, 3.63) is 105 Å². The van der Waals surface area contributed by atoms with Crippen molar-refractivity contribution in [3.63, 3.8) is 0 Å². The highest BCUT2D eigenvalue weighted by molar-refractivity contribution is 8.19. The summed E-state index contributed by atoms with van der Waals surface area (Å²) >= 11 is 9.01. The summed E-state index contributed by atoms with van der Waals surface area (Å²) < 4.78 is 11.5. The molecule has 0 unspecified atom stereocenters. The molecule has 2 heterocycles. The van der Waals surface area contributed by atoms with Crippen molar-refractivity contribution in [3.8, 4) is 11.5 Å². The summed E-state index contributed by atoms with van der Waals surface area (Å²) in [6.45, 7) is 2.23. The normalized spacial score (nSPS) is 15.5. The molecule has 9 heteroatoms. The van der Waals surface area contributed by atoms with Gasteiger partial charge in [0.15, 0.2) is 16.7 Å². The Hall–Kier alpha value is -3.59. The maximum absolute atomic E-state index is 13.5. The van der Waals surface area contributed by atoms with Crippen LogP contribution in [0.4, 0.5) is 10.8 Å². The summed E-state index contributed by atoms with van der Waals surface area (Å²) in [5.74, 6) is 0.993. The van der Waals surface area contributed by atoms with Crippen LogP contribution in [0.15, 0.2) is 88.1 Å². The van der Waals surface area contributed by atoms with Gasteiger partial charge in [0.1, 0.15) is 6.61 Å². The van der Waals surface area contributed by atoms with Crippen molar-refractivity contribution in [1.29, 1.82) is 0 Å². The van der Waals surface area contributed by atoms with E-state index in [0.29, 0.717) is 38.3 Å². The second-order valence-corrected chi connectivity index (χ2v) is 10.3. The summed E-state index contributed by atoms with van der Waals surface area (Å²) in [5, 5.41) is 3.75. The van der Waals surface area contributed by atoms with Crippen molar-refractivity contribution < 1.29 is 14.3 Å². The molecule has 1 aliphatic rings. The smallest absolute Gasteiger partial charge is 0.271 e. The average molecular weight is 548 g/mol. The van der Waals surface area contributed by atoms with Gasteiger partial charge in [0, 0.05) is 16.0 Å². The van der Waals surface area contributed by atoms with E-state index in [2.05, 4.69) is 9.98 Å². The van der Waals surface area contributed by atoms with Crippen LogP contribution >= 0.6 is 34.7 Å². The Kier molecular flexibility index (Phi) is 7.60. The predicted octanol–water partition coefficient (Wildman–Crippen LogP) is 7.50. The fraction of sp³-hybridized carbons (Fsp3) is 0.107. The molecule has 1 aliphatic heterocycles. The number of thioether (sulfide) groups is 1. The van der Waals surface area contributed by atoms with E-state index in [1.54, 1.807) is 12.0 Å². The number of methoxy groups -OCH3 is 1. The number of aromatic nitrogens is 1. The van der Waals surface area contributed by atoms with Crippen LogP contribution in [0.1, 0.15) is 16.8 Å². The molecule has 4 aromatic rings. The molecule has 37 heavy (non-hydrogen) atoms. The lowest BCUT2D eigenvalue weighted by Crippen LogP contribution is -2.28. The summed E-state index contributed by atoms with van der Waals surface area (Å²) in [4.78, 5) is 24.8. The molecule has 1 fully saturated rings. The molecule has 1 saturated heterocycles. The highest BCUT2D eigenvalue weighted by Crippen LogP contribution is 2.38. The molecule has 0 saturated carbocycles. The Morgan fingerprint density at radius 1 is 1.05 bits per heavy atom. The second-order valence-electron chi connectivity index (χ2n) is 8.04. The number of carbonyl (C=O) groups excluding carboxylic acids is 1. The minimum Gasteiger partial charge on any atom is -0.493 e. The molecular formula is C28H22ClN3O3S2. The maximum atomic E-state index is 13.5. The zero-order valence-electron chi connectivity index (χ0n) is 20.1. The minimum atomic E-state index is -0.152. The standard InChI is InChI=1S/C28H22ClN3O3S2/c1-18-17-36-27(30-18)31-28-32(21-9-4-3-5-10-21)26(33)25(37-28)15-19-12-13-23(24(14-19)34-2)35-16-20-8-6-7-11-22(20)29/h3-15,17H,16H2,1-2H3/b25-15-,31-28+. The van der Waals surface area contributed by atoms with Gasteiger partial charge in [0.2, 0.25) is 5.13 Å². The Balaban J connectivity index is 1.43. The molecule has 186 valence electrons. The average Bonchev–Trinajstić information content (AvgIpc) is 3.46. The van der Waals surface area contributed by atoms with E-state index in [1.165, 1.54) is 23.1 Å². The Labute approximate surface area is 228 Å². The number of hydrogen-bond acceptors (Lipinski definition) is 7. The van der Waals surface area contributed by atoms with E-state index < -0.39 is 0 Å². The summed E-state index contributed by atoms with van der Waals surface area (Å²) in [6, 6.07) is 22.6. The summed E-state index contributed by atoms with van der Waals surface area (Å²) in [5.41, 5.74) is 3.33. The van der Waals surface area contributed by atoms with Crippen LogP contribution in [0.3, 0.4) is 0 Å². The molecule has 0 N–H and O–H groups in total. The molecule has 1 amide bonds. The predicted molar refractivity (Wildman–Crippen MR) is 152 cm³/mol. The molecule has 5 rings (SSSR count). The van der Waals surface area contributed by atoms with Crippen molar-refractivity contribution in [2.45, 2.75) is 13.5 Å². The molecule has 0 radical (unpaired) electrons. The van der Waals surface area contributed by atoms with Crippen LogP contribution in [-0.4, -0.2) is 23.2 Å². The minimum absolute atomic E-state index is 0.152. The molecule has 0 spiro atoms. The molecule has 1 aromatic heterocycles. The number of rotatable bonds is 7. The lowest BCUT2D eigenvalue weighted by Gasteiger charge is -2.15. The molecule has 3 aromatic carbocycles. The Morgan fingerprint density at radius 2 is 1.84 bits per heavy atom. The van der Waals surface area contributed by atoms with Gasteiger partial charge in [0.25, 0.3) is 5.91 Å². The number of nitrogens with zero attached hydrogens (tertiary/aromatic N) is 3. The van der Waals surface area contributed by atoms with E-state index in [9.17, 15) is 4.79 Å². The SMILES string of the molecule is COc1cc(/C=C2\S/C(=N/c3nc(C)cs3)N(c3ccccc3)C2=O)ccc1OCc1ccccc1Cl. The van der Waals surface area contributed by atoms with Crippen molar-refractivity contribution >= 4 is 62.7 Å². The zero-order chi connectivity index (χ0) is 25.8. The number of amidine groups is 1. The number of thiazole rings is 1. The van der Waals surface area contributed by atoms with Crippen molar-refractivity contribution in [2.75, 3.05) is 12.0 Å². The fourth-order valence-corrected chi connectivity index (χ4v) is 5.54. The van der Waals surface area contributed by atoms with Crippen LogP contribution < -0.4 is 14.4 Å². The first-order chi connectivity index (χ1) is 18.0. The number of halogens is 1. The molecule has 0 aliphatic carbocycles. The fourth-order valence-electron chi connectivity index (χ4n) is 3.64. The topological polar surface area (TPSA) is 64.0 Å². The third-order valence-corrected chi connectivity index (χ3v) is 7.64. The van der Waals surface area contributed by atoms with Crippen LogP contribution in [0, 0.1) is 6.92 Å². The molecular weight excluding hydrogens is 526 g/mol. The van der Waals surface area contributed by atoms with Gasteiger partial charge in [-0.25, -0.2) is 4.98 Å². The van der Waals surface area contributed by atoms with E-state index in [4.69, 9.17) is 21.1 Å². The molecule has 0 bridgehead atoms. The largest absolute Gasteiger partial charge is 0.493 e. The summed E-state index contributed by atoms with van der Waals surface area (Å²) in [7, 11) is 1.59. The quantitative estimate of drug-likeness (QED) is 0.224. The number of aliphatic imine (C=N–C) groups is 1. The van der Waals surface area contributed by atoms with Gasteiger partial charge in [-0.05, 0) is 60.7 Å². The number of amides is 1. The van der Waals surface area contributed by atoms with Crippen LogP contribution in [0.5, 0.6) is 11.5 Å². The van der Waals surface area contributed by atoms with Gasteiger partial charge in [-0.15, -0.1) is 11.3 Å². The Bertz CT molecular complexity index is 1500. The number of para-hydroxylation sites is 1. The van der Waals surface area contributed by atoms with E-state index in [-0.39, 0.29) is 5.91 Å². The zero-order valence-corrected chi connectivity index (χ0v) is 22.4. The van der Waals surface area contributed by atoms with Crippen molar-refractivity contribution in [2.24, 2.45) is 4.99 Å². The van der Waals surface area contributed by atoms with E-state index in [1.807, 2.05) is 91.2 Å². The Morgan fingerprint density at radius 3 is 2.57 bits per heavy atom. The first-order valence-electron chi connectivity index (χ1n) is 11.4. The first kappa shape index (κ1) is 25.1. The third kappa shape index (κ3) is 5.72. The van der Waals surface area contributed by atoms with Gasteiger partial charge < -0.3 is 9.47 Å². The monoisotopic (exact) mass is 547 g/mol. The number of aryl methyl sites for hydroxylation is 1. The maximum Gasteiger partial charge on any atom is 0.271 e. The van der Waals surface area contributed by atoms with Gasteiger partial charge in [0.05, 0.1) is 23.4 Å². The highest BCUT2D eigenvalue weighted by Gasteiger charge is 2.35. The summed E-state index contributed by atoms with van der Waals surface area (Å²) in [6.07, 6.45) is 1.83. The lowest BCUT2D eigenvalue weighted by atomic mass is 10.1. The lowest BCUT2D eigenvalue weighted by molar-refractivity contribution is -0.113.